The summed E-state index contributed by atoms with van der Waals surface area (Å²) in [5.74, 6) is 0.148. The molecule has 5 nitrogen and oxygen atoms in total. The van der Waals surface area contributed by atoms with Crippen LogP contribution >= 0.6 is 23.2 Å². The molecule has 1 fully saturated rings. The number of fused-ring (bicyclic) bond motifs is 1. The van der Waals surface area contributed by atoms with Crippen molar-refractivity contribution in [1.29, 1.82) is 0 Å². The number of aliphatic hydroxyl groups excluding tert-OH is 1. The molecule has 0 saturated heterocycles. The number of nitrogens with zero attached hydrogens (tertiary/aromatic N) is 1. The van der Waals surface area contributed by atoms with Gasteiger partial charge in [-0.3, -0.25) is 4.79 Å². The van der Waals surface area contributed by atoms with E-state index in [0.717, 1.165) is 19.3 Å². The summed E-state index contributed by atoms with van der Waals surface area (Å²) in [6.45, 7) is 0. The number of aliphatic hydroxyl groups is 1. The third-order valence-electron chi connectivity index (χ3n) is 4.56. The summed E-state index contributed by atoms with van der Waals surface area (Å²) >= 11 is 12.1. The number of aromatic nitrogens is 1. The van der Waals surface area contributed by atoms with Crippen molar-refractivity contribution in [2.24, 2.45) is 0 Å². The number of halogens is 2. The molecule has 1 heterocycles. The Bertz CT molecular complexity index is 966. The maximum absolute atomic E-state index is 12.4. The Labute approximate surface area is 159 Å². The number of benzene rings is 2. The van der Waals surface area contributed by atoms with E-state index < -0.39 is 6.10 Å². The highest BCUT2D eigenvalue weighted by atomic mass is 35.5. The average molecular weight is 391 g/mol. The second kappa shape index (κ2) is 6.91. The van der Waals surface area contributed by atoms with Crippen LogP contribution in [-0.2, 0) is 0 Å². The highest BCUT2D eigenvalue weighted by Gasteiger charge is 2.27. The number of carbonyl (C=O) groups excluding carboxylic acids is 1. The second-order valence-electron chi connectivity index (χ2n) is 6.44. The molecule has 2 aromatic carbocycles. The van der Waals surface area contributed by atoms with E-state index in [1.807, 2.05) is 0 Å². The lowest BCUT2D eigenvalue weighted by molar-refractivity contribution is 0.0873. The van der Waals surface area contributed by atoms with Gasteiger partial charge in [0.25, 0.3) is 5.91 Å². The van der Waals surface area contributed by atoms with Gasteiger partial charge in [-0.2, -0.15) is 0 Å². The summed E-state index contributed by atoms with van der Waals surface area (Å²) in [4.78, 5) is 16.9. The van der Waals surface area contributed by atoms with Crippen LogP contribution in [0.1, 0.15) is 29.6 Å². The molecule has 7 heteroatoms. The first-order valence-electron chi connectivity index (χ1n) is 8.35. The van der Waals surface area contributed by atoms with Crippen molar-refractivity contribution >= 4 is 40.2 Å². The van der Waals surface area contributed by atoms with E-state index in [2.05, 4.69) is 10.3 Å². The Balaban J connectivity index is 1.62. The van der Waals surface area contributed by atoms with Crippen LogP contribution in [0.5, 0.6) is 0 Å². The molecule has 134 valence electrons. The third kappa shape index (κ3) is 3.43. The van der Waals surface area contributed by atoms with Gasteiger partial charge in [-0.15, -0.1) is 0 Å². The number of carbonyl (C=O) groups is 1. The first-order valence-corrected chi connectivity index (χ1v) is 9.11. The number of hydrogen-bond donors (Lipinski definition) is 2. The van der Waals surface area contributed by atoms with E-state index in [-0.39, 0.29) is 11.9 Å². The molecular formula is C19H16Cl2N2O3. The van der Waals surface area contributed by atoms with Crippen LogP contribution in [0, 0.1) is 0 Å². The molecule has 0 unspecified atom stereocenters. The lowest BCUT2D eigenvalue weighted by atomic mass is 10.1. The molecule has 0 aliphatic heterocycles. The molecule has 0 bridgehead atoms. The predicted molar refractivity (Wildman–Crippen MR) is 101 cm³/mol. The summed E-state index contributed by atoms with van der Waals surface area (Å²) in [5.41, 5.74) is 2.26. The standard InChI is InChI=1S/C19H16Cl2N2O3/c20-12-6-11(7-13(21)9-12)19-23-15-5-4-10(8-17(15)26-19)18(25)22-14-2-1-3-16(14)24/h4-9,14,16,24H,1-3H2,(H,22,25)/t14-,16+/m0/s1. The first-order chi connectivity index (χ1) is 12.5. The normalized spacial score (nSPS) is 19.8. The van der Waals surface area contributed by atoms with Crippen LogP contribution in [0.2, 0.25) is 10.0 Å². The minimum absolute atomic E-state index is 0.197. The second-order valence-corrected chi connectivity index (χ2v) is 7.31. The average Bonchev–Trinajstić information content (AvgIpc) is 3.19. The van der Waals surface area contributed by atoms with E-state index in [0.29, 0.717) is 38.2 Å². The Kier molecular flexibility index (Phi) is 4.61. The van der Waals surface area contributed by atoms with Gasteiger partial charge in [0.05, 0.1) is 12.1 Å². The Morgan fingerprint density at radius 3 is 2.62 bits per heavy atom. The Hall–Kier alpha value is -2.08. The maximum Gasteiger partial charge on any atom is 0.251 e. The van der Waals surface area contributed by atoms with E-state index in [1.165, 1.54) is 0 Å². The van der Waals surface area contributed by atoms with Crippen molar-refractivity contribution in [3.63, 3.8) is 0 Å². The quantitative estimate of drug-likeness (QED) is 0.692. The van der Waals surface area contributed by atoms with Crippen molar-refractivity contribution in [3.05, 3.63) is 52.0 Å². The summed E-state index contributed by atoms with van der Waals surface area (Å²) in [5, 5.41) is 13.7. The number of amides is 1. The van der Waals surface area contributed by atoms with Crippen molar-refractivity contribution < 1.29 is 14.3 Å². The fraction of sp³-hybridized carbons (Fsp3) is 0.263. The fourth-order valence-electron chi connectivity index (χ4n) is 3.23. The molecule has 1 aromatic heterocycles. The summed E-state index contributed by atoms with van der Waals surface area (Å²) in [6, 6.07) is 9.94. The lowest BCUT2D eigenvalue weighted by Gasteiger charge is -2.16. The molecule has 1 aliphatic rings. The van der Waals surface area contributed by atoms with Crippen LogP contribution in [0.3, 0.4) is 0 Å². The molecule has 1 saturated carbocycles. The molecule has 4 rings (SSSR count). The SMILES string of the molecule is O=C(N[C@H]1CCC[C@H]1O)c1ccc2nc(-c3cc(Cl)cc(Cl)c3)oc2c1. The van der Waals surface area contributed by atoms with Gasteiger partial charge in [-0.25, -0.2) is 4.98 Å². The van der Waals surface area contributed by atoms with E-state index >= 15 is 0 Å². The zero-order valence-electron chi connectivity index (χ0n) is 13.7. The molecule has 1 aliphatic carbocycles. The van der Waals surface area contributed by atoms with Crippen LogP contribution < -0.4 is 5.32 Å². The molecule has 3 aromatic rings. The Morgan fingerprint density at radius 2 is 1.92 bits per heavy atom. The van der Waals surface area contributed by atoms with Crippen LogP contribution in [0.4, 0.5) is 0 Å². The number of hydrogen-bond acceptors (Lipinski definition) is 4. The minimum atomic E-state index is -0.479. The summed E-state index contributed by atoms with van der Waals surface area (Å²) < 4.78 is 5.79. The summed E-state index contributed by atoms with van der Waals surface area (Å²) in [7, 11) is 0. The highest BCUT2D eigenvalue weighted by molar-refractivity contribution is 6.35. The van der Waals surface area contributed by atoms with E-state index in [4.69, 9.17) is 27.6 Å². The summed E-state index contributed by atoms with van der Waals surface area (Å²) in [6.07, 6.45) is 1.94. The van der Waals surface area contributed by atoms with Crippen molar-refractivity contribution in [3.8, 4) is 11.5 Å². The van der Waals surface area contributed by atoms with Gasteiger partial charge in [0.15, 0.2) is 5.58 Å². The van der Waals surface area contributed by atoms with Crippen LogP contribution in [-0.4, -0.2) is 28.1 Å². The number of rotatable bonds is 3. The molecule has 2 atom stereocenters. The topological polar surface area (TPSA) is 75.4 Å². The van der Waals surface area contributed by atoms with Gasteiger partial charge in [0.2, 0.25) is 5.89 Å². The zero-order chi connectivity index (χ0) is 18.3. The monoisotopic (exact) mass is 390 g/mol. The minimum Gasteiger partial charge on any atom is -0.436 e. The lowest BCUT2D eigenvalue weighted by Crippen LogP contribution is -2.39. The fourth-order valence-corrected chi connectivity index (χ4v) is 3.75. The van der Waals surface area contributed by atoms with Gasteiger partial charge in [0.1, 0.15) is 5.52 Å². The predicted octanol–water partition coefficient (Wildman–Crippen LogP) is 4.44. The maximum atomic E-state index is 12.4. The molecule has 0 spiro atoms. The molecule has 1 amide bonds. The van der Waals surface area contributed by atoms with Gasteiger partial charge in [-0.05, 0) is 55.7 Å². The largest absolute Gasteiger partial charge is 0.436 e. The molecule has 2 N–H and O–H groups in total. The van der Waals surface area contributed by atoms with Gasteiger partial charge >= 0.3 is 0 Å². The van der Waals surface area contributed by atoms with Crippen molar-refractivity contribution in [1.82, 2.24) is 10.3 Å². The van der Waals surface area contributed by atoms with Gasteiger partial charge in [-0.1, -0.05) is 23.2 Å². The van der Waals surface area contributed by atoms with E-state index in [9.17, 15) is 9.90 Å². The van der Waals surface area contributed by atoms with Crippen LogP contribution in [0.15, 0.2) is 40.8 Å². The smallest absolute Gasteiger partial charge is 0.251 e. The Morgan fingerprint density at radius 1 is 1.15 bits per heavy atom. The zero-order valence-corrected chi connectivity index (χ0v) is 15.2. The van der Waals surface area contributed by atoms with Crippen molar-refractivity contribution in [2.75, 3.05) is 0 Å². The number of nitrogens with one attached hydrogen (secondary N) is 1. The molecule has 26 heavy (non-hydrogen) atoms. The molecule has 0 radical (unpaired) electrons. The molecular weight excluding hydrogens is 375 g/mol. The number of oxazole rings is 1. The highest BCUT2D eigenvalue weighted by Crippen LogP contribution is 2.29. The van der Waals surface area contributed by atoms with Crippen molar-refractivity contribution in [2.45, 2.75) is 31.4 Å². The van der Waals surface area contributed by atoms with Gasteiger partial charge in [0, 0.05) is 21.2 Å². The van der Waals surface area contributed by atoms with Crippen LogP contribution in [0.25, 0.3) is 22.6 Å². The first kappa shape index (κ1) is 17.3. The van der Waals surface area contributed by atoms with E-state index in [1.54, 1.807) is 36.4 Å². The third-order valence-corrected chi connectivity index (χ3v) is 4.99. The van der Waals surface area contributed by atoms with Gasteiger partial charge < -0.3 is 14.8 Å².